The van der Waals surface area contributed by atoms with Gasteiger partial charge < -0.3 is 10.2 Å². The van der Waals surface area contributed by atoms with Gasteiger partial charge in [-0.3, -0.25) is 9.69 Å². The summed E-state index contributed by atoms with van der Waals surface area (Å²) in [5.74, 6) is 1.11. The molecule has 0 aromatic carbocycles. The number of likely N-dealkylation sites (N-methyl/N-ethyl adjacent to an activating group) is 1. The summed E-state index contributed by atoms with van der Waals surface area (Å²) in [7, 11) is 2.23. The van der Waals surface area contributed by atoms with Crippen molar-refractivity contribution in [3.8, 4) is 0 Å². The van der Waals surface area contributed by atoms with Gasteiger partial charge in [0.1, 0.15) is 0 Å². The van der Waals surface area contributed by atoms with Gasteiger partial charge in [0.2, 0.25) is 5.91 Å². The maximum absolute atomic E-state index is 12.6. The average molecular weight is 251 g/mol. The van der Waals surface area contributed by atoms with Crippen molar-refractivity contribution < 1.29 is 4.79 Å². The number of amides is 1. The second kappa shape index (κ2) is 4.82. The van der Waals surface area contributed by atoms with Gasteiger partial charge in [0, 0.05) is 31.7 Å². The van der Waals surface area contributed by atoms with Crippen LogP contribution < -0.4 is 5.32 Å². The van der Waals surface area contributed by atoms with Crippen LogP contribution in [0.4, 0.5) is 0 Å². The van der Waals surface area contributed by atoms with E-state index in [0.29, 0.717) is 23.9 Å². The number of hydrogen-bond donors (Lipinski definition) is 1. The molecule has 4 atom stereocenters. The van der Waals surface area contributed by atoms with Crippen molar-refractivity contribution in [2.75, 3.05) is 33.2 Å². The molecule has 4 heteroatoms. The normalized spacial score (nSPS) is 41.1. The molecule has 2 unspecified atom stereocenters. The highest BCUT2D eigenvalue weighted by Crippen LogP contribution is 2.30. The fraction of sp³-hybridized carbons (Fsp3) is 0.929. The Hall–Kier alpha value is -0.610. The molecule has 1 amide bonds. The van der Waals surface area contributed by atoms with Crippen LogP contribution in [-0.4, -0.2) is 61.0 Å². The summed E-state index contributed by atoms with van der Waals surface area (Å²) >= 11 is 0. The summed E-state index contributed by atoms with van der Waals surface area (Å²) in [6.07, 6.45) is 3.75. The first-order valence-electron chi connectivity index (χ1n) is 7.38. The molecule has 0 radical (unpaired) electrons. The van der Waals surface area contributed by atoms with Crippen LogP contribution in [0.3, 0.4) is 0 Å². The Balaban J connectivity index is 1.68. The molecule has 0 aliphatic carbocycles. The lowest BCUT2D eigenvalue weighted by Gasteiger charge is -2.29. The number of nitrogens with zero attached hydrogens (tertiary/aromatic N) is 2. The average Bonchev–Trinajstić information content (AvgIpc) is 2.84. The number of fused-ring (bicyclic) bond motifs is 2. The van der Waals surface area contributed by atoms with Gasteiger partial charge in [-0.2, -0.15) is 0 Å². The first kappa shape index (κ1) is 12.4. The number of hydrogen-bond acceptors (Lipinski definition) is 3. The molecule has 2 bridgehead atoms. The zero-order valence-corrected chi connectivity index (χ0v) is 11.6. The molecule has 3 aliphatic rings. The first-order chi connectivity index (χ1) is 8.66. The maximum Gasteiger partial charge on any atom is 0.227 e. The van der Waals surface area contributed by atoms with E-state index in [1.54, 1.807) is 0 Å². The van der Waals surface area contributed by atoms with E-state index < -0.39 is 0 Å². The second-order valence-corrected chi connectivity index (χ2v) is 6.37. The molecule has 0 saturated carbocycles. The molecular formula is C14H25N3O. The zero-order chi connectivity index (χ0) is 12.7. The highest BCUT2D eigenvalue weighted by molar-refractivity contribution is 5.79. The molecule has 4 nitrogen and oxygen atoms in total. The van der Waals surface area contributed by atoms with Gasteiger partial charge in [-0.05, 0) is 38.8 Å². The molecule has 3 saturated heterocycles. The molecular weight excluding hydrogens is 226 g/mol. The third-order valence-electron chi connectivity index (χ3n) is 5.29. The Morgan fingerprint density at radius 3 is 2.67 bits per heavy atom. The molecule has 0 aromatic rings. The third kappa shape index (κ3) is 2.05. The monoisotopic (exact) mass is 251 g/mol. The summed E-state index contributed by atoms with van der Waals surface area (Å²) in [5, 5.41) is 3.34. The highest BCUT2D eigenvalue weighted by atomic mass is 16.2. The van der Waals surface area contributed by atoms with Gasteiger partial charge >= 0.3 is 0 Å². The van der Waals surface area contributed by atoms with Gasteiger partial charge in [-0.15, -0.1) is 0 Å². The minimum atomic E-state index is 0.215. The zero-order valence-electron chi connectivity index (χ0n) is 11.6. The Morgan fingerprint density at radius 1 is 1.17 bits per heavy atom. The number of carbonyl (C=O) groups is 1. The number of nitrogens with one attached hydrogen (secondary N) is 1. The van der Waals surface area contributed by atoms with Crippen molar-refractivity contribution in [1.29, 1.82) is 0 Å². The number of carbonyl (C=O) groups excluding carboxylic acids is 1. The van der Waals surface area contributed by atoms with Crippen molar-refractivity contribution >= 4 is 5.91 Å². The number of rotatable bonds is 1. The summed E-state index contributed by atoms with van der Waals surface area (Å²) in [5.41, 5.74) is 0. The van der Waals surface area contributed by atoms with E-state index in [1.807, 2.05) is 0 Å². The first-order valence-corrected chi connectivity index (χ1v) is 7.38. The largest absolute Gasteiger partial charge is 0.341 e. The molecule has 0 spiro atoms. The molecule has 102 valence electrons. The van der Waals surface area contributed by atoms with Crippen molar-refractivity contribution in [3.63, 3.8) is 0 Å². The fourth-order valence-corrected chi connectivity index (χ4v) is 3.88. The van der Waals surface area contributed by atoms with Gasteiger partial charge in [0.15, 0.2) is 0 Å². The van der Waals surface area contributed by atoms with Crippen LogP contribution in [0.5, 0.6) is 0 Å². The van der Waals surface area contributed by atoms with Gasteiger partial charge in [-0.1, -0.05) is 6.92 Å². The summed E-state index contributed by atoms with van der Waals surface area (Å²) in [6.45, 7) is 5.98. The van der Waals surface area contributed by atoms with Gasteiger partial charge in [-0.25, -0.2) is 0 Å². The molecule has 1 N–H and O–H groups in total. The smallest absolute Gasteiger partial charge is 0.227 e. The van der Waals surface area contributed by atoms with E-state index in [1.165, 1.54) is 12.8 Å². The fourth-order valence-electron chi connectivity index (χ4n) is 3.88. The van der Waals surface area contributed by atoms with Crippen LogP contribution in [0.2, 0.25) is 0 Å². The van der Waals surface area contributed by atoms with Crippen LogP contribution in [0.1, 0.15) is 26.2 Å². The second-order valence-electron chi connectivity index (χ2n) is 6.37. The Labute approximate surface area is 110 Å². The summed E-state index contributed by atoms with van der Waals surface area (Å²) < 4.78 is 0. The third-order valence-corrected chi connectivity index (χ3v) is 5.29. The quantitative estimate of drug-likeness (QED) is 0.739. The molecule has 0 aromatic heterocycles. The van der Waals surface area contributed by atoms with E-state index in [2.05, 4.69) is 29.1 Å². The molecule has 18 heavy (non-hydrogen) atoms. The van der Waals surface area contributed by atoms with Crippen molar-refractivity contribution in [1.82, 2.24) is 15.1 Å². The Bertz CT molecular complexity index is 333. The van der Waals surface area contributed by atoms with Crippen molar-refractivity contribution in [2.45, 2.75) is 38.3 Å². The van der Waals surface area contributed by atoms with E-state index in [9.17, 15) is 4.79 Å². The molecule has 3 aliphatic heterocycles. The van der Waals surface area contributed by atoms with Crippen LogP contribution in [0, 0.1) is 11.8 Å². The van der Waals surface area contributed by atoms with E-state index >= 15 is 0 Å². The molecule has 3 heterocycles. The minimum absolute atomic E-state index is 0.215. The van der Waals surface area contributed by atoms with Gasteiger partial charge in [0.05, 0.1) is 5.92 Å². The summed E-state index contributed by atoms with van der Waals surface area (Å²) in [6, 6.07) is 1.32. The van der Waals surface area contributed by atoms with Gasteiger partial charge in [0.25, 0.3) is 0 Å². The topological polar surface area (TPSA) is 35.6 Å². The lowest BCUT2D eigenvalue weighted by molar-refractivity contribution is -0.136. The minimum Gasteiger partial charge on any atom is -0.341 e. The lowest BCUT2D eigenvalue weighted by atomic mass is 9.96. The maximum atomic E-state index is 12.6. The standard InChI is InChI=1S/C14H25N3O/c1-10-7-15-8-13(10)14(18)17-6-5-11-3-4-12(9-17)16(11)2/h10-13,15H,3-9H2,1-2H3/t10-,11?,12?,13-/m1/s1. The SMILES string of the molecule is C[C@@H]1CNC[C@H]1C(=O)N1CCC2CCC(C1)N2C. The molecule has 3 rings (SSSR count). The van der Waals surface area contributed by atoms with E-state index in [0.717, 1.165) is 32.6 Å². The van der Waals surface area contributed by atoms with Crippen LogP contribution in [-0.2, 0) is 4.79 Å². The predicted molar refractivity (Wildman–Crippen MR) is 71.3 cm³/mol. The van der Waals surface area contributed by atoms with Crippen LogP contribution >= 0.6 is 0 Å². The van der Waals surface area contributed by atoms with E-state index in [-0.39, 0.29) is 5.92 Å². The van der Waals surface area contributed by atoms with E-state index in [4.69, 9.17) is 0 Å². The van der Waals surface area contributed by atoms with Crippen molar-refractivity contribution in [3.05, 3.63) is 0 Å². The molecule has 3 fully saturated rings. The Kier molecular flexibility index (Phi) is 3.32. The highest BCUT2D eigenvalue weighted by Gasteiger charge is 2.39. The number of likely N-dealkylation sites (tertiary alicyclic amines) is 1. The predicted octanol–water partition coefficient (Wildman–Crippen LogP) is 0.537. The van der Waals surface area contributed by atoms with Crippen LogP contribution in [0.15, 0.2) is 0 Å². The van der Waals surface area contributed by atoms with Crippen LogP contribution in [0.25, 0.3) is 0 Å². The van der Waals surface area contributed by atoms with Crippen molar-refractivity contribution in [2.24, 2.45) is 11.8 Å². The Morgan fingerprint density at radius 2 is 1.94 bits per heavy atom. The lowest BCUT2D eigenvalue weighted by Crippen LogP contribution is -2.43. The summed E-state index contributed by atoms with van der Waals surface area (Å²) in [4.78, 5) is 17.3.